The Hall–Kier alpha value is -0.770. The highest BCUT2D eigenvalue weighted by atomic mass is 16.6. The summed E-state index contributed by atoms with van der Waals surface area (Å²) >= 11 is 0. The van der Waals surface area contributed by atoms with Gasteiger partial charge in [-0.1, -0.05) is 13.8 Å². The third-order valence-corrected chi connectivity index (χ3v) is 2.00. The predicted octanol–water partition coefficient (Wildman–Crippen LogP) is 2.26. The van der Waals surface area contributed by atoms with E-state index in [2.05, 4.69) is 13.8 Å². The Balaban J connectivity index is 4.23. The van der Waals surface area contributed by atoms with Crippen LogP contribution >= 0.6 is 0 Å². The monoisotopic (exact) mass is 231 g/mol. The second kappa shape index (κ2) is 6.74. The summed E-state index contributed by atoms with van der Waals surface area (Å²) in [5.41, 5.74) is -0.484. The van der Waals surface area contributed by atoms with E-state index < -0.39 is 5.60 Å². The van der Waals surface area contributed by atoms with E-state index >= 15 is 0 Å². The minimum Gasteiger partial charge on any atom is -0.444 e. The molecule has 0 spiro atoms. The van der Waals surface area contributed by atoms with E-state index in [-0.39, 0.29) is 12.7 Å². The second-order valence-corrected chi connectivity index (χ2v) is 5.37. The summed E-state index contributed by atoms with van der Waals surface area (Å²) in [7, 11) is 0. The Morgan fingerprint density at radius 2 is 1.88 bits per heavy atom. The number of hydrogen-bond acceptors (Lipinski definition) is 3. The highest BCUT2D eigenvalue weighted by molar-refractivity contribution is 5.68. The normalized spacial score (nSPS) is 11.7. The van der Waals surface area contributed by atoms with Crippen molar-refractivity contribution < 1.29 is 14.6 Å². The van der Waals surface area contributed by atoms with Crippen LogP contribution in [0.2, 0.25) is 0 Å². The van der Waals surface area contributed by atoms with Gasteiger partial charge in [0.15, 0.2) is 0 Å². The van der Waals surface area contributed by atoms with E-state index in [0.717, 1.165) is 6.42 Å². The minimum absolute atomic E-state index is 0.0304. The standard InChI is InChI=1S/C12H25NO3/c1-10(2)6-7-13(8-9-14)11(15)16-12(3,4)5/h10,14H,6-9H2,1-5H3. The van der Waals surface area contributed by atoms with Gasteiger partial charge in [-0.3, -0.25) is 0 Å². The molecule has 0 aromatic carbocycles. The highest BCUT2D eigenvalue weighted by Gasteiger charge is 2.21. The van der Waals surface area contributed by atoms with Crippen molar-refractivity contribution in [1.82, 2.24) is 4.90 Å². The third-order valence-electron chi connectivity index (χ3n) is 2.00. The van der Waals surface area contributed by atoms with Gasteiger partial charge in [-0.15, -0.1) is 0 Å². The molecule has 0 aliphatic rings. The van der Waals surface area contributed by atoms with Crippen molar-refractivity contribution >= 4 is 6.09 Å². The molecular weight excluding hydrogens is 206 g/mol. The molecule has 0 aromatic rings. The van der Waals surface area contributed by atoms with Gasteiger partial charge in [-0.2, -0.15) is 0 Å². The summed E-state index contributed by atoms with van der Waals surface area (Å²) in [6.07, 6.45) is 0.571. The van der Waals surface area contributed by atoms with Crippen molar-refractivity contribution in [3.05, 3.63) is 0 Å². The van der Waals surface area contributed by atoms with Gasteiger partial charge in [0, 0.05) is 13.1 Å². The summed E-state index contributed by atoms with van der Waals surface area (Å²) in [6.45, 7) is 10.7. The van der Waals surface area contributed by atoms with Crippen LogP contribution in [0.15, 0.2) is 0 Å². The van der Waals surface area contributed by atoms with E-state index in [0.29, 0.717) is 19.0 Å². The number of carbonyl (C=O) groups excluding carboxylic acids is 1. The number of ether oxygens (including phenoxy) is 1. The Morgan fingerprint density at radius 1 is 1.31 bits per heavy atom. The van der Waals surface area contributed by atoms with Crippen molar-refractivity contribution in [2.45, 2.75) is 46.6 Å². The van der Waals surface area contributed by atoms with Crippen LogP contribution in [-0.2, 0) is 4.74 Å². The number of aliphatic hydroxyl groups is 1. The second-order valence-electron chi connectivity index (χ2n) is 5.37. The molecule has 4 nitrogen and oxygen atoms in total. The summed E-state index contributed by atoms with van der Waals surface area (Å²) in [6, 6.07) is 0. The molecule has 0 aliphatic carbocycles. The molecule has 0 fully saturated rings. The maximum absolute atomic E-state index is 11.8. The van der Waals surface area contributed by atoms with Crippen LogP contribution in [0, 0.1) is 5.92 Å². The molecule has 4 heteroatoms. The summed E-state index contributed by atoms with van der Waals surface area (Å²) < 4.78 is 5.26. The first-order valence-corrected chi connectivity index (χ1v) is 5.85. The molecule has 0 unspecified atom stereocenters. The first kappa shape index (κ1) is 15.2. The van der Waals surface area contributed by atoms with Gasteiger partial charge in [0.05, 0.1) is 6.61 Å². The molecule has 0 aliphatic heterocycles. The van der Waals surface area contributed by atoms with E-state index in [9.17, 15) is 4.79 Å². The zero-order valence-corrected chi connectivity index (χ0v) is 11.1. The quantitative estimate of drug-likeness (QED) is 0.789. The third kappa shape index (κ3) is 7.51. The number of hydrogen-bond donors (Lipinski definition) is 1. The minimum atomic E-state index is -0.484. The Labute approximate surface area is 98.6 Å². The Bertz CT molecular complexity index is 209. The van der Waals surface area contributed by atoms with E-state index in [1.54, 1.807) is 4.90 Å². The van der Waals surface area contributed by atoms with Gasteiger partial charge in [-0.05, 0) is 33.1 Å². The molecule has 0 saturated heterocycles. The lowest BCUT2D eigenvalue weighted by atomic mass is 10.1. The van der Waals surface area contributed by atoms with Crippen LogP contribution in [0.4, 0.5) is 4.79 Å². The fourth-order valence-electron chi connectivity index (χ4n) is 1.16. The van der Waals surface area contributed by atoms with Gasteiger partial charge < -0.3 is 14.7 Å². The van der Waals surface area contributed by atoms with E-state index in [1.807, 2.05) is 20.8 Å². The van der Waals surface area contributed by atoms with Crippen LogP contribution in [0.1, 0.15) is 41.0 Å². The zero-order valence-electron chi connectivity index (χ0n) is 11.1. The fourth-order valence-corrected chi connectivity index (χ4v) is 1.16. The number of carbonyl (C=O) groups is 1. The van der Waals surface area contributed by atoms with Crippen LogP contribution in [0.3, 0.4) is 0 Å². The number of aliphatic hydroxyl groups excluding tert-OH is 1. The van der Waals surface area contributed by atoms with Crippen molar-refractivity contribution in [2.24, 2.45) is 5.92 Å². The molecule has 16 heavy (non-hydrogen) atoms. The molecule has 0 saturated carbocycles. The van der Waals surface area contributed by atoms with E-state index in [4.69, 9.17) is 9.84 Å². The molecule has 1 amide bonds. The largest absolute Gasteiger partial charge is 0.444 e. The van der Waals surface area contributed by atoms with Crippen molar-refractivity contribution in [3.63, 3.8) is 0 Å². The molecular formula is C12H25NO3. The highest BCUT2D eigenvalue weighted by Crippen LogP contribution is 2.11. The summed E-state index contributed by atoms with van der Waals surface area (Å²) in [5.74, 6) is 0.531. The van der Waals surface area contributed by atoms with Gasteiger partial charge in [0.25, 0.3) is 0 Å². The Kier molecular flexibility index (Phi) is 6.41. The van der Waals surface area contributed by atoms with Crippen molar-refractivity contribution in [2.75, 3.05) is 19.7 Å². The summed E-state index contributed by atoms with van der Waals surface area (Å²) in [5, 5.41) is 8.90. The average molecular weight is 231 g/mol. The number of rotatable bonds is 5. The van der Waals surface area contributed by atoms with Crippen LogP contribution < -0.4 is 0 Å². The molecule has 96 valence electrons. The molecule has 0 rings (SSSR count). The zero-order chi connectivity index (χ0) is 12.8. The SMILES string of the molecule is CC(C)CCN(CCO)C(=O)OC(C)(C)C. The lowest BCUT2D eigenvalue weighted by molar-refractivity contribution is 0.0211. The molecule has 0 heterocycles. The average Bonchev–Trinajstić information content (AvgIpc) is 2.08. The molecule has 0 aromatic heterocycles. The van der Waals surface area contributed by atoms with Crippen LogP contribution in [0.5, 0.6) is 0 Å². The summed E-state index contributed by atoms with van der Waals surface area (Å²) in [4.78, 5) is 13.3. The predicted molar refractivity (Wildman–Crippen MR) is 64.3 cm³/mol. The van der Waals surface area contributed by atoms with Gasteiger partial charge >= 0.3 is 6.09 Å². The molecule has 1 N–H and O–H groups in total. The van der Waals surface area contributed by atoms with Gasteiger partial charge in [0.2, 0.25) is 0 Å². The molecule has 0 atom stereocenters. The molecule has 0 radical (unpaired) electrons. The maximum atomic E-state index is 11.8. The Morgan fingerprint density at radius 3 is 2.25 bits per heavy atom. The van der Waals surface area contributed by atoms with E-state index in [1.165, 1.54) is 0 Å². The van der Waals surface area contributed by atoms with Crippen LogP contribution in [0.25, 0.3) is 0 Å². The van der Waals surface area contributed by atoms with Crippen LogP contribution in [-0.4, -0.2) is 41.4 Å². The maximum Gasteiger partial charge on any atom is 0.410 e. The van der Waals surface area contributed by atoms with Gasteiger partial charge in [0.1, 0.15) is 5.60 Å². The smallest absolute Gasteiger partial charge is 0.410 e. The van der Waals surface area contributed by atoms with Gasteiger partial charge in [-0.25, -0.2) is 4.79 Å². The molecule has 0 bridgehead atoms. The topological polar surface area (TPSA) is 49.8 Å². The number of nitrogens with zero attached hydrogens (tertiary/aromatic N) is 1. The first-order valence-electron chi connectivity index (χ1n) is 5.85. The lowest BCUT2D eigenvalue weighted by Gasteiger charge is -2.27. The van der Waals surface area contributed by atoms with Crippen molar-refractivity contribution in [3.8, 4) is 0 Å². The number of amides is 1. The fraction of sp³-hybridized carbons (Fsp3) is 0.917. The van der Waals surface area contributed by atoms with Crippen molar-refractivity contribution in [1.29, 1.82) is 0 Å². The lowest BCUT2D eigenvalue weighted by Crippen LogP contribution is -2.39. The first-order chi connectivity index (χ1) is 7.26.